The van der Waals surface area contributed by atoms with Crippen LogP contribution in [0, 0.1) is 5.92 Å². The van der Waals surface area contributed by atoms with Crippen molar-refractivity contribution in [2.45, 2.75) is 59.1 Å². The molecule has 0 aromatic carbocycles. The van der Waals surface area contributed by atoms with E-state index in [0.29, 0.717) is 12.5 Å². The van der Waals surface area contributed by atoms with Gasteiger partial charge in [0, 0.05) is 12.6 Å². The molecular weight excluding hydrogens is 204 g/mol. The SMILES string of the molecule is CC(C)CC(N)CCNC(=O)OC(C)(C)C. The van der Waals surface area contributed by atoms with Gasteiger partial charge in [-0.3, -0.25) is 0 Å². The van der Waals surface area contributed by atoms with Crippen molar-refractivity contribution < 1.29 is 9.53 Å². The first kappa shape index (κ1) is 15.2. The molecule has 0 bridgehead atoms. The molecule has 16 heavy (non-hydrogen) atoms. The standard InChI is InChI=1S/C12H26N2O2/c1-9(2)8-10(13)6-7-14-11(15)16-12(3,4)5/h9-10H,6-8,13H2,1-5H3,(H,14,15). The number of hydrogen-bond donors (Lipinski definition) is 2. The second-order valence-electron chi connectivity index (χ2n) is 5.61. The number of nitrogens with two attached hydrogens (primary N) is 1. The van der Waals surface area contributed by atoms with E-state index in [9.17, 15) is 4.79 Å². The van der Waals surface area contributed by atoms with Gasteiger partial charge >= 0.3 is 6.09 Å². The molecule has 1 amide bonds. The van der Waals surface area contributed by atoms with Crippen LogP contribution in [0.4, 0.5) is 4.79 Å². The molecule has 0 aromatic rings. The molecule has 0 saturated carbocycles. The normalized spacial score (nSPS) is 13.7. The number of ether oxygens (including phenoxy) is 1. The minimum absolute atomic E-state index is 0.148. The minimum Gasteiger partial charge on any atom is -0.444 e. The van der Waals surface area contributed by atoms with Crippen LogP contribution >= 0.6 is 0 Å². The Morgan fingerprint density at radius 2 is 1.94 bits per heavy atom. The van der Waals surface area contributed by atoms with Crippen LogP contribution in [-0.2, 0) is 4.74 Å². The summed E-state index contributed by atoms with van der Waals surface area (Å²) in [5, 5.41) is 2.70. The fourth-order valence-corrected chi connectivity index (χ4v) is 1.40. The van der Waals surface area contributed by atoms with Gasteiger partial charge in [-0.1, -0.05) is 13.8 Å². The maximum absolute atomic E-state index is 11.3. The first-order valence-corrected chi connectivity index (χ1v) is 5.93. The van der Waals surface area contributed by atoms with E-state index in [1.807, 2.05) is 20.8 Å². The highest BCUT2D eigenvalue weighted by Gasteiger charge is 2.15. The Bertz CT molecular complexity index is 210. The summed E-state index contributed by atoms with van der Waals surface area (Å²) in [7, 11) is 0. The quantitative estimate of drug-likeness (QED) is 0.761. The first-order valence-electron chi connectivity index (χ1n) is 5.93. The number of amides is 1. The number of hydrogen-bond acceptors (Lipinski definition) is 3. The molecule has 0 heterocycles. The second-order valence-corrected chi connectivity index (χ2v) is 5.61. The zero-order valence-electron chi connectivity index (χ0n) is 11.2. The van der Waals surface area contributed by atoms with E-state index >= 15 is 0 Å². The number of carbonyl (C=O) groups is 1. The zero-order valence-corrected chi connectivity index (χ0v) is 11.2. The van der Waals surface area contributed by atoms with Crippen LogP contribution in [0.2, 0.25) is 0 Å². The summed E-state index contributed by atoms with van der Waals surface area (Å²) >= 11 is 0. The summed E-state index contributed by atoms with van der Waals surface area (Å²) in [5.41, 5.74) is 5.46. The van der Waals surface area contributed by atoms with E-state index in [0.717, 1.165) is 12.8 Å². The van der Waals surface area contributed by atoms with E-state index in [4.69, 9.17) is 10.5 Å². The number of nitrogens with one attached hydrogen (secondary N) is 1. The van der Waals surface area contributed by atoms with Crippen LogP contribution < -0.4 is 11.1 Å². The van der Waals surface area contributed by atoms with Crippen molar-refractivity contribution in [1.29, 1.82) is 0 Å². The molecule has 4 nitrogen and oxygen atoms in total. The predicted molar refractivity (Wildman–Crippen MR) is 66.3 cm³/mol. The van der Waals surface area contributed by atoms with E-state index < -0.39 is 5.60 Å². The van der Waals surface area contributed by atoms with Crippen molar-refractivity contribution in [2.75, 3.05) is 6.54 Å². The molecule has 0 rings (SSSR count). The molecule has 4 heteroatoms. The summed E-state index contributed by atoms with van der Waals surface area (Å²) in [5.74, 6) is 0.594. The third-order valence-corrected chi connectivity index (χ3v) is 1.96. The summed E-state index contributed by atoms with van der Waals surface area (Å²) < 4.78 is 5.11. The van der Waals surface area contributed by atoms with Gasteiger partial charge in [-0.05, 0) is 39.5 Å². The van der Waals surface area contributed by atoms with Crippen LogP contribution in [-0.4, -0.2) is 24.3 Å². The zero-order chi connectivity index (χ0) is 12.8. The highest BCUT2D eigenvalue weighted by molar-refractivity contribution is 5.67. The smallest absolute Gasteiger partial charge is 0.407 e. The van der Waals surface area contributed by atoms with Crippen LogP contribution in [0.25, 0.3) is 0 Å². The van der Waals surface area contributed by atoms with Crippen LogP contribution in [0.1, 0.15) is 47.5 Å². The van der Waals surface area contributed by atoms with Crippen molar-refractivity contribution >= 4 is 6.09 Å². The molecule has 1 atom stereocenters. The van der Waals surface area contributed by atoms with Gasteiger partial charge in [0.2, 0.25) is 0 Å². The van der Waals surface area contributed by atoms with Gasteiger partial charge in [-0.2, -0.15) is 0 Å². The molecule has 0 aliphatic carbocycles. The van der Waals surface area contributed by atoms with E-state index in [1.54, 1.807) is 0 Å². The Hall–Kier alpha value is -0.770. The number of carbonyl (C=O) groups excluding carboxylic acids is 1. The molecule has 1 unspecified atom stereocenters. The summed E-state index contributed by atoms with van der Waals surface area (Å²) in [4.78, 5) is 11.3. The van der Waals surface area contributed by atoms with Crippen molar-refractivity contribution in [1.82, 2.24) is 5.32 Å². The lowest BCUT2D eigenvalue weighted by Crippen LogP contribution is -2.35. The van der Waals surface area contributed by atoms with Crippen molar-refractivity contribution in [3.05, 3.63) is 0 Å². The Kier molecular flexibility index (Phi) is 6.41. The third-order valence-electron chi connectivity index (χ3n) is 1.96. The van der Waals surface area contributed by atoms with Crippen molar-refractivity contribution in [3.63, 3.8) is 0 Å². The summed E-state index contributed by atoms with van der Waals surface area (Å²) in [6.07, 6.45) is 1.40. The number of rotatable bonds is 5. The van der Waals surface area contributed by atoms with Gasteiger partial charge in [0.05, 0.1) is 0 Å². The first-order chi connectivity index (χ1) is 7.20. The third kappa shape index (κ3) is 9.77. The van der Waals surface area contributed by atoms with Crippen LogP contribution in [0.3, 0.4) is 0 Å². The lowest BCUT2D eigenvalue weighted by atomic mass is 10.0. The fraction of sp³-hybridized carbons (Fsp3) is 0.917. The van der Waals surface area contributed by atoms with Crippen molar-refractivity contribution in [3.8, 4) is 0 Å². The van der Waals surface area contributed by atoms with E-state index in [2.05, 4.69) is 19.2 Å². The van der Waals surface area contributed by atoms with E-state index in [-0.39, 0.29) is 12.1 Å². The highest BCUT2D eigenvalue weighted by Crippen LogP contribution is 2.07. The molecule has 0 fully saturated rings. The predicted octanol–water partition coefficient (Wildman–Crippen LogP) is 2.27. The second kappa shape index (κ2) is 6.74. The molecular formula is C12H26N2O2. The number of alkyl carbamates (subject to hydrolysis) is 1. The Morgan fingerprint density at radius 1 is 1.38 bits per heavy atom. The molecule has 3 N–H and O–H groups in total. The summed E-state index contributed by atoms with van der Waals surface area (Å²) in [6.45, 7) is 10.4. The molecule has 0 aliphatic heterocycles. The van der Waals surface area contributed by atoms with Gasteiger partial charge in [-0.15, -0.1) is 0 Å². The Balaban J connectivity index is 3.62. The van der Waals surface area contributed by atoms with Crippen molar-refractivity contribution in [2.24, 2.45) is 11.7 Å². The van der Waals surface area contributed by atoms with Gasteiger partial charge in [0.15, 0.2) is 0 Å². The fourth-order valence-electron chi connectivity index (χ4n) is 1.40. The highest BCUT2D eigenvalue weighted by atomic mass is 16.6. The largest absolute Gasteiger partial charge is 0.444 e. The van der Waals surface area contributed by atoms with Crippen LogP contribution in [0.15, 0.2) is 0 Å². The molecule has 0 spiro atoms. The van der Waals surface area contributed by atoms with Crippen LogP contribution in [0.5, 0.6) is 0 Å². The van der Waals surface area contributed by atoms with Gasteiger partial charge in [-0.25, -0.2) is 4.79 Å². The van der Waals surface area contributed by atoms with E-state index in [1.165, 1.54) is 0 Å². The molecule has 0 aliphatic rings. The Morgan fingerprint density at radius 3 is 2.38 bits per heavy atom. The average molecular weight is 230 g/mol. The lowest BCUT2D eigenvalue weighted by molar-refractivity contribution is 0.0526. The topological polar surface area (TPSA) is 64.3 Å². The monoisotopic (exact) mass is 230 g/mol. The maximum atomic E-state index is 11.3. The maximum Gasteiger partial charge on any atom is 0.407 e. The Labute approximate surface area is 98.9 Å². The molecule has 0 aromatic heterocycles. The molecule has 96 valence electrons. The van der Waals surface area contributed by atoms with Gasteiger partial charge in [0.1, 0.15) is 5.60 Å². The lowest BCUT2D eigenvalue weighted by Gasteiger charge is -2.20. The van der Waals surface area contributed by atoms with Gasteiger partial charge < -0.3 is 15.8 Å². The molecule has 0 radical (unpaired) electrons. The van der Waals surface area contributed by atoms with Gasteiger partial charge in [0.25, 0.3) is 0 Å². The molecule has 0 saturated heterocycles. The summed E-state index contributed by atoms with van der Waals surface area (Å²) in [6, 6.07) is 0.148. The average Bonchev–Trinajstić information content (AvgIpc) is 1.98. The minimum atomic E-state index is -0.440.